The molecule has 1 N–H and O–H groups in total. The van der Waals surface area contributed by atoms with Gasteiger partial charge in [-0.15, -0.1) is 24.5 Å². The number of thiophene rings is 1. The minimum atomic E-state index is -4.88. The molecule has 4 aromatic rings. The molecule has 0 unspecified atom stereocenters. The third-order valence-electron chi connectivity index (χ3n) is 7.56. The molecule has 7 nitrogen and oxygen atoms in total. The molecule has 3 aromatic carbocycles. The molecule has 0 aliphatic heterocycles. The second kappa shape index (κ2) is 11.4. The van der Waals surface area contributed by atoms with E-state index in [1.807, 2.05) is 13.8 Å². The number of nitrogens with one attached hydrogen (secondary N) is 1. The number of carbonyl (C=O) groups is 1. The van der Waals surface area contributed by atoms with E-state index in [1.54, 1.807) is 62.4 Å². The van der Waals surface area contributed by atoms with Gasteiger partial charge >= 0.3 is 6.36 Å². The lowest BCUT2D eigenvalue weighted by Gasteiger charge is -2.28. The summed E-state index contributed by atoms with van der Waals surface area (Å²) in [4.78, 5) is 13.8. The molecule has 0 spiro atoms. The topological polar surface area (TPSA) is 90.9 Å². The number of anilines is 1. The number of halogens is 3. The summed E-state index contributed by atoms with van der Waals surface area (Å²) < 4.78 is 78.2. The van der Waals surface area contributed by atoms with Crippen molar-refractivity contribution in [1.82, 2.24) is 0 Å². The maximum absolute atomic E-state index is 13.3. The van der Waals surface area contributed by atoms with E-state index < -0.39 is 32.1 Å². The molecule has 1 amide bonds. The Balaban J connectivity index is 1.68. The van der Waals surface area contributed by atoms with Crippen LogP contribution in [0.15, 0.2) is 60.7 Å². The van der Waals surface area contributed by atoms with Crippen LogP contribution in [0.4, 0.5) is 18.9 Å². The normalized spacial score (nSPS) is 12.7. The molecular weight excluding hydrogens is 603 g/mol. The van der Waals surface area contributed by atoms with Crippen molar-refractivity contribution in [1.29, 1.82) is 0 Å². The summed E-state index contributed by atoms with van der Waals surface area (Å²) in [7, 11) is -0.560. The summed E-state index contributed by atoms with van der Waals surface area (Å²) in [5.41, 5.74) is 1.30. The van der Waals surface area contributed by atoms with Crippen molar-refractivity contribution in [3.8, 4) is 17.2 Å². The molecule has 12 heteroatoms. The average molecular weight is 636 g/mol. The van der Waals surface area contributed by atoms with Crippen LogP contribution in [0.25, 0.3) is 10.1 Å². The average Bonchev–Trinajstić information content (AvgIpc) is 3.35. The Kier molecular flexibility index (Phi) is 8.51. The molecule has 0 aliphatic rings. The number of hydrogen-bond donors (Lipinski definition) is 1. The second-order valence-corrected chi connectivity index (χ2v) is 14.8. The van der Waals surface area contributed by atoms with Crippen LogP contribution in [0.1, 0.15) is 54.1 Å². The monoisotopic (exact) mass is 635 g/mol. The smallest absolute Gasteiger partial charge is 0.497 e. The van der Waals surface area contributed by atoms with Crippen LogP contribution < -0.4 is 19.5 Å². The van der Waals surface area contributed by atoms with E-state index in [0.717, 1.165) is 16.2 Å². The maximum Gasteiger partial charge on any atom is 0.573 e. The molecule has 0 fully saturated rings. The van der Waals surface area contributed by atoms with Crippen molar-refractivity contribution in [2.75, 3.05) is 25.8 Å². The predicted octanol–water partition coefficient (Wildman–Crippen LogP) is 7.68. The number of sulfone groups is 1. The lowest BCUT2D eigenvalue weighted by atomic mass is 9.77. The minimum absolute atomic E-state index is 0.189. The summed E-state index contributed by atoms with van der Waals surface area (Å²) in [5, 5.41) is 3.63. The first-order valence-corrected chi connectivity index (χ1v) is 15.7. The summed E-state index contributed by atoms with van der Waals surface area (Å²) in [5.74, 6) is -0.183. The Morgan fingerprint density at radius 2 is 1.37 bits per heavy atom. The molecule has 0 saturated heterocycles. The van der Waals surface area contributed by atoms with Gasteiger partial charge in [0.2, 0.25) is 0 Å². The Hall–Kier alpha value is -3.77. The first-order chi connectivity index (χ1) is 19.8. The first kappa shape index (κ1) is 32.2. The van der Waals surface area contributed by atoms with Gasteiger partial charge in [0.15, 0.2) is 9.84 Å². The summed E-state index contributed by atoms with van der Waals surface area (Å²) in [6.07, 6.45) is -3.68. The Labute approximate surface area is 252 Å². The number of alkyl halides is 3. The Morgan fingerprint density at radius 1 is 0.791 bits per heavy atom. The van der Waals surface area contributed by atoms with Crippen molar-refractivity contribution in [2.45, 2.75) is 44.2 Å². The fourth-order valence-electron chi connectivity index (χ4n) is 4.50. The van der Waals surface area contributed by atoms with Crippen LogP contribution in [-0.2, 0) is 20.0 Å². The second-order valence-electron chi connectivity index (χ2n) is 11.1. The first-order valence-electron chi connectivity index (χ1n) is 13.0. The molecule has 0 atom stereocenters. The van der Waals surface area contributed by atoms with E-state index >= 15 is 0 Å². The fraction of sp³-hybridized carbons (Fsp3) is 0.323. The van der Waals surface area contributed by atoms with E-state index in [4.69, 9.17) is 9.47 Å². The highest BCUT2D eigenvalue weighted by Crippen LogP contribution is 2.40. The number of fused-ring (bicyclic) bond motifs is 1. The molecular formula is C31H32F3NO6S2. The van der Waals surface area contributed by atoms with E-state index in [2.05, 4.69) is 10.1 Å². The zero-order chi connectivity index (χ0) is 32.0. The highest BCUT2D eigenvalue weighted by atomic mass is 32.2. The molecule has 0 radical (unpaired) electrons. The standard InChI is InChI=1S/C31H32F3NO6S2/c1-29(2,21-14-24(40-6)17-25(15-21)41-31(32,33)34)20-12-22(16-23(13-20)39-5)35-28(36)27-11-18-10-19(8-9-26(18)42-27)30(3,4)43(7,37)38/h8-17H,1-7H3,(H,35,36). The van der Waals surface area contributed by atoms with Gasteiger partial charge in [0.25, 0.3) is 5.91 Å². The number of amides is 1. The van der Waals surface area contributed by atoms with E-state index in [9.17, 15) is 26.4 Å². The zero-order valence-electron chi connectivity index (χ0n) is 24.7. The molecule has 43 heavy (non-hydrogen) atoms. The fourth-order valence-corrected chi connectivity index (χ4v) is 5.99. The quantitative estimate of drug-likeness (QED) is 0.203. The maximum atomic E-state index is 13.3. The van der Waals surface area contributed by atoms with E-state index in [1.165, 1.54) is 37.9 Å². The number of methoxy groups -OCH3 is 2. The summed E-state index contributed by atoms with van der Waals surface area (Å²) in [6.45, 7) is 6.92. The van der Waals surface area contributed by atoms with Gasteiger partial charge in [0.05, 0.1) is 23.8 Å². The van der Waals surface area contributed by atoms with Crippen LogP contribution in [0.3, 0.4) is 0 Å². The van der Waals surface area contributed by atoms with Crippen molar-refractivity contribution in [3.63, 3.8) is 0 Å². The van der Waals surface area contributed by atoms with Crippen LogP contribution in [0.5, 0.6) is 17.2 Å². The van der Waals surface area contributed by atoms with Crippen LogP contribution in [0, 0.1) is 0 Å². The lowest BCUT2D eigenvalue weighted by molar-refractivity contribution is -0.274. The molecule has 4 rings (SSSR count). The molecule has 0 bridgehead atoms. The van der Waals surface area contributed by atoms with Gasteiger partial charge in [-0.3, -0.25) is 4.79 Å². The van der Waals surface area contributed by atoms with E-state index in [-0.39, 0.29) is 11.7 Å². The number of hydrogen-bond acceptors (Lipinski definition) is 7. The molecule has 1 aromatic heterocycles. The van der Waals surface area contributed by atoms with E-state index in [0.29, 0.717) is 33.0 Å². The van der Waals surface area contributed by atoms with Gasteiger partial charge < -0.3 is 19.5 Å². The molecule has 0 saturated carbocycles. The zero-order valence-corrected chi connectivity index (χ0v) is 26.3. The molecule has 230 valence electrons. The van der Waals surface area contributed by atoms with Gasteiger partial charge in [-0.25, -0.2) is 8.42 Å². The SMILES string of the molecule is COc1cc(NC(=O)c2cc3cc(C(C)(C)S(C)(=O)=O)ccc3s2)cc(C(C)(C)c2cc(OC)cc(OC(F)(F)F)c2)c1. The lowest BCUT2D eigenvalue weighted by Crippen LogP contribution is -2.27. The van der Waals surface area contributed by atoms with Gasteiger partial charge in [-0.2, -0.15) is 0 Å². The minimum Gasteiger partial charge on any atom is -0.497 e. The number of carbonyl (C=O) groups excluding carboxylic acids is 1. The van der Waals surface area contributed by atoms with Crippen LogP contribution in [-0.4, -0.2) is 41.2 Å². The third-order valence-corrected chi connectivity index (χ3v) is 10.8. The van der Waals surface area contributed by atoms with Crippen LogP contribution >= 0.6 is 11.3 Å². The van der Waals surface area contributed by atoms with Gasteiger partial charge in [0.1, 0.15) is 17.2 Å². The molecule has 0 aliphatic carbocycles. The van der Waals surface area contributed by atoms with Crippen molar-refractivity contribution in [3.05, 3.63) is 82.2 Å². The third kappa shape index (κ3) is 6.91. The van der Waals surface area contributed by atoms with Crippen molar-refractivity contribution in [2.24, 2.45) is 0 Å². The van der Waals surface area contributed by atoms with Gasteiger partial charge in [0, 0.05) is 34.2 Å². The highest BCUT2D eigenvalue weighted by Gasteiger charge is 2.34. The molecule has 1 heterocycles. The van der Waals surface area contributed by atoms with Gasteiger partial charge in [-0.1, -0.05) is 19.9 Å². The Morgan fingerprint density at radius 3 is 1.95 bits per heavy atom. The Bertz CT molecular complexity index is 1790. The van der Waals surface area contributed by atoms with Crippen molar-refractivity contribution < 1.29 is 40.6 Å². The number of rotatable bonds is 9. The summed E-state index contributed by atoms with van der Waals surface area (Å²) in [6, 6.07) is 16.2. The van der Waals surface area contributed by atoms with Crippen molar-refractivity contribution >= 4 is 42.9 Å². The predicted molar refractivity (Wildman–Crippen MR) is 162 cm³/mol. The largest absolute Gasteiger partial charge is 0.573 e. The van der Waals surface area contributed by atoms with Crippen LogP contribution in [0.2, 0.25) is 0 Å². The number of benzene rings is 3. The number of ether oxygens (including phenoxy) is 3. The van der Waals surface area contributed by atoms with Gasteiger partial charge in [-0.05, 0) is 78.4 Å². The highest BCUT2D eigenvalue weighted by molar-refractivity contribution is 7.91. The summed E-state index contributed by atoms with van der Waals surface area (Å²) >= 11 is 1.27.